The fourth-order valence-electron chi connectivity index (χ4n) is 1.71. The van der Waals surface area contributed by atoms with Crippen molar-refractivity contribution in [1.82, 2.24) is 9.97 Å². The van der Waals surface area contributed by atoms with Crippen LogP contribution >= 0.6 is 22.7 Å². The summed E-state index contributed by atoms with van der Waals surface area (Å²) in [6.45, 7) is 0. The Morgan fingerprint density at radius 3 is 2.75 bits per heavy atom. The molecule has 3 aromatic heterocycles. The molecule has 96 valence electrons. The van der Waals surface area contributed by atoms with Crippen LogP contribution in [0.3, 0.4) is 0 Å². The van der Waals surface area contributed by atoms with Gasteiger partial charge in [-0.25, -0.2) is 4.98 Å². The molecule has 5 heteroatoms. The zero-order chi connectivity index (χ0) is 13.8. The van der Waals surface area contributed by atoms with E-state index in [0.29, 0.717) is 5.57 Å². The molecule has 0 amide bonds. The lowest BCUT2D eigenvalue weighted by Gasteiger charge is -1.94. The normalized spacial score (nSPS) is 11.2. The first-order valence-electron chi connectivity index (χ1n) is 5.88. The van der Waals surface area contributed by atoms with E-state index < -0.39 is 0 Å². The standard InChI is InChI=1S/C15H9N3S2/c16-9-12(8-13-2-1-7-19-13)15-18-14(10-20-15)11-3-5-17-6-4-11/h1-8,10H/b12-8-. The van der Waals surface area contributed by atoms with Crippen LogP contribution in [0, 0.1) is 11.3 Å². The van der Waals surface area contributed by atoms with Crippen LogP contribution in [-0.4, -0.2) is 9.97 Å². The van der Waals surface area contributed by atoms with Gasteiger partial charge in [-0.3, -0.25) is 4.98 Å². The van der Waals surface area contributed by atoms with E-state index in [4.69, 9.17) is 0 Å². The van der Waals surface area contributed by atoms with Crippen molar-refractivity contribution in [2.75, 3.05) is 0 Å². The highest BCUT2D eigenvalue weighted by Crippen LogP contribution is 2.27. The Bertz CT molecular complexity index is 765. The van der Waals surface area contributed by atoms with Crippen LogP contribution in [-0.2, 0) is 0 Å². The molecule has 3 rings (SSSR count). The van der Waals surface area contributed by atoms with Crippen LogP contribution in [0.25, 0.3) is 22.9 Å². The number of allylic oxidation sites excluding steroid dienone is 1. The summed E-state index contributed by atoms with van der Waals surface area (Å²) in [6, 6.07) is 10.00. The van der Waals surface area contributed by atoms with Crippen molar-refractivity contribution in [3.63, 3.8) is 0 Å². The second-order valence-corrected chi connectivity index (χ2v) is 5.80. The summed E-state index contributed by atoms with van der Waals surface area (Å²) >= 11 is 3.09. The minimum Gasteiger partial charge on any atom is -0.265 e. The third-order valence-electron chi connectivity index (χ3n) is 2.66. The number of aromatic nitrogens is 2. The summed E-state index contributed by atoms with van der Waals surface area (Å²) in [7, 11) is 0. The number of nitriles is 1. The molecular formula is C15H9N3S2. The molecule has 3 nitrogen and oxygen atoms in total. The molecule has 0 spiro atoms. The van der Waals surface area contributed by atoms with Gasteiger partial charge >= 0.3 is 0 Å². The van der Waals surface area contributed by atoms with E-state index in [1.165, 1.54) is 11.3 Å². The first-order valence-corrected chi connectivity index (χ1v) is 7.64. The van der Waals surface area contributed by atoms with Crippen molar-refractivity contribution in [1.29, 1.82) is 5.26 Å². The smallest absolute Gasteiger partial charge is 0.134 e. The number of pyridine rings is 1. The monoisotopic (exact) mass is 295 g/mol. The lowest BCUT2D eigenvalue weighted by atomic mass is 10.2. The Kier molecular flexibility index (Phi) is 3.68. The van der Waals surface area contributed by atoms with Gasteiger partial charge in [0.2, 0.25) is 0 Å². The molecule has 0 aliphatic carbocycles. The van der Waals surface area contributed by atoms with E-state index in [0.717, 1.165) is 21.1 Å². The van der Waals surface area contributed by atoms with E-state index in [1.54, 1.807) is 23.7 Å². The maximum Gasteiger partial charge on any atom is 0.134 e. The molecule has 0 unspecified atom stereocenters. The van der Waals surface area contributed by atoms with Gasteiger partial charge in [-0.1, -0.05) is 6.07 Å². The number of hydrogen-bond acceptors (Lipinski definition) is 5. The van der Waals surface area contributed by atoms with Crippen molar-refractivity contribution in [3.05, 3.63) is 57.3 Å². The van der Waals surface area contributed by atoms with Gasteiger partial charge in [0, 0.05) is 28.2 Å². The van der Waals surface area contributed by atoms with Crippen molar-refractivity contribution >= 4 is 34.3 Å². The maximum absolute atomic E-state index is 9.30. The SMILES string of the molecule is N#C/C(=C/c1cccs1)c1nc(-c2ccncc2)cs1. The minimum atomic E-state index is 0.595. The largest absolute Gasteiger partial charge is 0.265 e. The molecule has 0 aliphatic rings. The van der Waals surface area contributed by atoms with Gasteiger partial charge in [-0.2, -0.15) is 5.26 Å². The number of rotatable bonds is 3. The third kappa shape index (κ3) is 2.67. The fourth-order valence-corrected chi connectivity index (χ4v) is 3.16. The Balaban J connectivity index is 1.95. The highest BCUT2D eigenvalue weighted by molar-refractivity contribution is 7.12. The molecule has 0 fully saturated rings. The lowest BCUT2D eigenvalue weighted by molar-refractivity contribution is 1.31. The number of thiophene rings is 1. The zero-order valence-electron chi connectivity index (χ0n) is 10.4. The van der Waals surface area contributed by atoms with Gasteiger partial charge in [-0.05, 0) is 29.7 Å². The molecule has 0 N–H and O–H groups in total. The number of hydrogen-bond donors (Lipinski definition) is 0. The summed E-state index contributed by atoms with van der Waals surface area (Å²) in [5.74, 6) is 0. The summed E-state index contributed by atoms with van der Waals surface area (Å²) in [4.78, 5) is 9.59. The number of nitrogens with zero attached hydrogens (tertiary/aromatic N) is 3. The Morgan fingerprint density at radius 2 is 2.05 bits per heavy atom. The molecule has 0 saturated carbocycles. The fraction of sp³-hybridized carbons (Fsp3) is 0. The van der Waals surface area contributed by atoms with Gasteiger partial charge in [0.25, 0.3) is 0 Å². The Morgan fingerprint density at radius 1 is 1.20 bits per heavy atom. The summed E-state index contributed by atoms with van der Waals surface area (Å²) in [5.41, 5.74) is 2.48. The quantitative estimate of drug-likeness (QED) is 0.676. The van der Waals surface area contributed by atoms with Crippen LogP contribution in [0.5, 0.6) is 0 Å². The highest BCUT2D eigenvalue weighted by atomic mass is 32.1. The second kappa shape index (κ2) is 5.78. The first-order chi connectivity index (χ1) is 9.86. The minimum absolute atomic E-state index is 0.595. The average molecular weight is 295 g/mol. The predicted molar refractivity (Wildman–Crippen MR) is 83.1 cm³/mol. The van der Waals surface area contributed by atoms with Crippen molar-refractivity contribution in [3.8, 4) is 17.3 Å². The van der Waals surface area contributed by atoms with Crippen LogP contribution in [0.1, 0.15) is 9.88 Å². The molecule has 0 radical (unpaired) electrons. The van der Waals surface area contributed by atoms with Crippen LogP contribution in [0.2, 0.25) is 0 Å². The highest BCUT2D eigenvalue weighted by Gasteiger charge is 2.09. The molecule has 0 aliphatic heterocycles. The van der Waals surface area contributed by atoms with Gasteiger partial charge in [-0.15, -0.1) is 22.7 Å². The Labute approximate surface area is 124 Å². The molecule has 20 heavy (non-hydrogen) atoms. The topological polar surface area (TPSA) is 49.6 Å². The lowest BCUT2D eigenvalue weighted by Crippen LogP contribution is -1.82. The van der Waals surface area contributed by atoms with Crippen LogP contribution < -0.4 is 0 Å². The maximum atomic E-state index is 9.30. The van der Waals surface area contributed by atoms with E-state index in [9.17, 15) is 5.26 Å². The first kappa shape index (κ1) is 12.7. The Hall–Kier alpha value is -2.29. The van der Waals surface area contributed by atoms with Gasteiger partial charge < -0.3 is 0 Å². The van der Waals surface area contributed by atoms with Gasteiger partial charge in [0.05, 0.1) is 11.3 Å². The second-order valence-electron chi connectivity index (χ2n) is 3.96. The number of thiazole rings is 1. The molecule has 0 bridgehead atoms. The molecule has 0 atom stereocenters. The third-order valence-corrected chi connectivity index (χ3v) is 4.36. The molecular weight excluding hydrogens is 286 g/mol. The van der Waals surface area contributed by atoms with E-state index in [2.05, 4.69) is 16.0 Å². The molecule has 0 saturated heterocycles. The van der Waals surface area contributed by atoms with Gasteiger partial charge in [0.15, 0.2) is 0 Å². The van der Waals surface area contributed by atoms with E-state index in [1.807, 2.05) is 41.1 Å². The zero-order valence-corrected chi connectivity index (χ0v) is 12.0. The van der Waals surface area contributed by atoms with Crippen molar-refractivity contribution < 1.29 is 0 Å². The summed E-state index contributed by atoms with van der Waals surface area (Å²) < 4.78 is 0. The van der Waals surface area contributed by atoms with Crippen LogP contribution in [0.15, 0.2) is 47.4 Å². The predicted octanol–water partition coefficient (Wildman–Crippen LogP) is 4.33. The van der Waals surface area contributed by atoms with Crippen LogP contribution in [0.4, 0.5) is 0 Å². The molecule has 3 heterocycles. The molecule has 0 aromatic carbocycles. The van der Waals surface area contributed by atoms with Crippen molar-refractivity contribution in [2.45, 2.75) is 0 Å². The summed E-state index contributed by atoms with van der Waals surface area (Å²) in [5, 5.41) is 14.0. The van der Waals surface area contributed by atoms with E-state index >= 15 is 0 Å². The van der Waals surface area contributed by atoms with Gasteiger partial charge in [0.1, 0.15) is 11.1 Å². The summed E-state index contributed by atoms with van der Waals surface area (Å²) in [6.07, 6.45) is 5.35. The van der Waals surface area contributed by atoms with E-state index in [-0.39, 0.29) is 0 Å². The van der Waals surface area contributed by atoms with Crippen molar-refractivity contribution in [2.24, 2.45) is 0 Å². The molecule has 3 aromatic rings. The average Bonchev–Trinajstić information content (AvgIpc) is 3.17.